The van der Waals surface area contributed by atoms with Gasteiger partial charge in [-0.15, -0.1) is 0 Å². The molecule has 0 spiro atoms. The number of carbonyl (C=O) groups excluding carboxylic acids is 1. The molecule has 5 nitrogen and oxygen atoms in total. The smallest absolute Gasteiger partial charge is 0.298 e. The number of halogens is 1. The molecule has 1 aromatic heterocycles. The molecule has 0 unspecified atom stereocenters. The molecule has 2 aromatic rings. The minimum atomic E-state index is 0. The molecule has 0 atom stereocenters. The summed E-state index contributed by atoms with van der Waals surface area (Å²) < 4.78 is 7.21. The molecule has 0 radical (unpaired) electrons. The van der Waals surface area contributed by atoms with Crippen LogP contribution in [0.1, 0.15) is 41.2 Å². The minimum Gasteiger partial charge on any atom is -1.00 e. The summed E-state index contributed by atoms with van der Waals surface area (Å²) in [5, 5.41) is 0. The van der Waals surface area contributed by atoms with Gasteiger partial charge in [0.25, 0.3) is 5.82 Å². The van der Waals surface area contributed by atoms with Gasteiger partial charge in [0.05, 0.1) is 12.2 Å². The van der Waals surface area contributed by atoms with Gasteiger partial charge in [-0.3, -0.25) is 4.79 Å². The predicted octanol–water partition coefficient (Wildman–Crippen LogP) is -0.754. The second-order valence-electron chi connectivity index (χ2n) is 5.44. The Balaban J connectivity index is 0.00000288. The van der Waals surface area contributed by atoms with Crippen LogP contribution >= 0.6 is 0 Å². The van der Waals surface area contributed by atoms with Crippen molar-refractivity contribution in [1.29, 1.82) is 0 Å². The number of hydrogen-bond donors (Lipinski definition) is 1. The lowest BCUT2D eigenvalue weighted by Gasteiger charge is -2.07. The molecule has 0 amide bonds. The number of carbonyl (C=O) groups is 1. The highest BCUT2D eigenvalue weighted by molar-refractivity contribution is 5.95. The summed E-state index contributed by atoms with van der Waals surface area (Å²) in [5.74, 6) is 1.21. The van der Waals surface area contributed by atoms with Crippen LogP contribution in [0.5, 0.6) is 0 Å². The first kappa shape index (κ1) is 20.3. The summed E-state index contributed by atoms with van der Waals surface area (Å²) in [6, 6.07) is 7.74. The molecule has 0 aliphatic heterocycles. The highest BCUT2D eigenvalue weighted by Gasteiger charge is 2.18. The Bertz CT molecular complexity index is 687. The third-order valence-corrected chi connectivity index (χ3v) is 3.80. The maximum Gasteiger partial charge on any atom is 0.298 e. The zero-order valence-electron chi connectivity index (χ0n) is 14.4. The average Bonchev–Trinajstić information content (AvgIpc) is 2.56. The van der Waals surface area contributed by atoms with Crippen molar-refractivity contribution in [1.82, 2.24) is 4.98 Å². The summed E-state index contributed by atoms with van der Waals surface area (Å²) in [4.78, 5) is 16.8. The number of Topliss-reactive ketones (excluding diaryl/α,β-unsaturated/α-hetero) is 1. The van der Waals surface area contributed by atoms with Gasteiger partial charge in [0, 0.05) is 19.1 Å². The van der Waals surface area contributed by atoms with E-state index in [2.05, 4.69) is 11.9 Å². The van der Waals surface area contributed by atoms with Crippen LogP contribution in [0.4, 0.5) is 5.82 Å². The van der Waals surface area contributed by atoms with E-state index in [1.54, 1.807) is 0 Å². The van der Waals surface area contributed by atoms with E-state index in [-0.39, 0.29) is 29.3 Å². The molecule has 24 heavy (non-hydrogen) atoms. The molecule has 0 saturated carbocycles. The van der Waals surface area contributed by atoms with Crippen molar-refractivity contribution in [3.8, 4) is 0 Å². The molecule has 0 aliphatic carbocycles. The number of nitrogens with zero attached hydrogens (tertiary/aromatic N) is 2. The topological polar surface area (TPSA) is 69.1 Å². The second kappa shape index (κ2) is 9.49. The van der Waals surface area contributed by atoms with Crippen molar-refractivity contribution in [3.63, 3.8) is 0 Å². The van der Waals surface area contributed by atoms with E-state index in [0.29, 0.717) is 30.4 Å². The maximum atomic E-state index is 12.5. The molecule has 0 bridgehead atoms. The third-order valence-electron chi connectivity index (χ3n) is 3.80. The fraction of sp³-hybridized carbons (Fsp3) is 0.389. The number of hydrogen-bond acceptors (Lipinski definition) is 4. The van der Waals surface area contributed by atoms with Gasteiger partial charge in [0.15, 0.2) is 6.54 Å². The molecule has 6 heteroatoms. The molecular weight excluding hydrogens is 370 g/mol. The number of nitrogen functional groups attached to an aromatic ring is 1. The van der Waals surface area contributed by atoms with Crippen molar-refractivity contribution < 1.29 is 31.1 Å². The number of ketones is 1. The highest BCUT2D eigenvalue weighted by atomic mass is 79.9. The van der Waals surface area contributed by atoms with Crippen molar-refractivity contribution in [2.24, 2.45) is 0 Å². The van der Waals surface area contributed by atoms with Crippen molar-refractivity contribution >= 4 is 11.6 Å². The fourth-order valence-corrected chi connectivity index (χ4v) is 2.31. The van der Waals surface area contributed by atoms with E-state index in [0.717, 1.165) is 12.0 Å². The van der Waals surface area contributed by atoms with E-state index < -0.39 is 0 Å². The summed E-state index contributed by atoms with van der Waals surface area (Å²) in [7, 11) is 0. The van der Waals surface area contributed by atoms with E-state index in [4.69, 9.17) is 10.5 Å². The Hall–Kier alpha value is -1.79. The van der Waals surface area contributed by atoms with Crippen molar-refractivity contribution in [3.05, 3.63) is 53.0 Å². The number of benzene rings is 1. The number of anilines is 1. The Morgan fingerprint density at radius 1 is 1.25 bits per heavy atom. The first-order valence-corrected chi connectivity index (χ1v) is 7.90. The van der Waals surface area contributed by atoms with Crippen LogP contribution in [0.25, 0.3) is 0 Å². The summed E-state index contributed by atoms with van der Waals surface area (Å²) in [6.07, 6.45) is 2.82. The lowest BCUT2D eigenvalue weighted by Crippen LogP contribution is -3.00. The van der Waals surface area contributed by atoms with Crippen LogP contribution in [-0.2, 0) is 24.3 Å². The molecule has 2 rings (SSSR count). The first-order valence-electron chi connectivity index (χ1n) is 7.90. The zero-order valence-corrected chi connectivity index (χ0v) is 16.0. The quantitative estimate of drug-likeness (QED) is 0.496. The summed E-state index contributed by atoms with van der Waals surface area (Å²) in [6.45, 7) is 7.11. The lowest BCUT2D eigenvalue weighted by atomic mass is 10.1. The molecule has 0 fully saturated rings. The number of ether oxygens (including phenoxy) is 1. The maximum absolute atomic E-state index is 12.5. The van der Waals surface area contributed by atoms with Gasteiger partial charge < -0.3 is 27.5 Å². The monoisotopic (exact) mass is 393 g/mol. The molecule has 1 aromatic carbocycles. The summed E-state index contributed by atoms with van der Waals surface area (Å²) >= 11 is 0. The average molecular weight is 394 g/mol. The largest absolute Gasteiger partial charge is 1.00 e. The minimum absolute atomic E-state index is 0. The van der Waals surface area contributed by atoms with Crippen LogP contribution < -0.4 is 27.3 Å². The van der Waals surface area contributed by atoms with Crippen LogP contribution in [0, 0.1) is 6.92 Å². The number of nitrogens with two attached hydrogens (primary N) is 1. The number of rotatable bonds is 7. The van der Waals surface area contributed by atoms with Crippen LogP contribution in [-0.4, -0.2) is 17.4 Å². The van der Waals surface area contributed by atoms with Gasteiger partial charge >= 0.3 is 0 Å². The molecular formula is C18H24BrN3O2. The van der Waals surface area contributed by atoms with Gasteiger partial charge in [-0.05, 0) is 23.9 Å². The molecule has 0 saturated heterocycles. The standard InChI is InChI=1S/C18H23N3O2.BrH/c1-4-14-6-8-15(9-7-14)17(22)11-21-10-16(12-23-5-2)18(19)20-13(21)3;/h6-10,19H,4-5,11-12H2,1-3H3;1H. The van der Waals surface area contributed by atoms with Gasteiger partial charge in [-0.25, -0.2) is 4.57 Å². The Labute approximate surface area is 153 Å². The second-order valence-corrected chi connectivity index (χ2v) is 5.44. The number of aromatic nitrogens is 2. The third kappa shape index (κ3) is 5.11. The van der Waals surface area contributed by atoms with E-state index in [1.165, 1.54) is 5.56 Å². The molecule has 0 aliphatic rings. The Kier molecular flexibility index (Phi) is 8.01. The highest BCUT2D eigenvalue weighted by Crippen LogP contribution is 2.09. The zero-order chi connectivity index (χ0) is 16.8. The van der Waals surface area contributed by atoms with Gasteiger partial charge in [-0.1, -0.05) is 31.2 Å². The van der Waals surface area contributed by atoms with Crippen LogP contribution in [0.15, 0.2) is 30.5 Å². The lowest BCUT2D eigenvalue weighted by molar-refractivity contribution is -0.692. The SMILES string of the molecule is CCOCc1c[n+](CC(=O)c2ccc(CC)cc2)c(C)nc1N.[Br-]. The van der Waals surface area contributed by atoms with E-state index in [9.17, 15) is 4.79 Å². The molecule has 130 valence electrons. The van der Waals surface area contributed by atoms with Gasteiger partial charge in [0.2, 0.25) is 11.6 Å². The molecule has 2 N–H and O–H groups in total. The van der Waals surface area contributed by atoms with Crippen molar-refractivity contribution in [2.75, 3.05) is 12.3 Å². The predicted molar refractivity (Wildman–Crippen MR) is 89.1 cm³/mol. The van der Waals surface area contributed by atoms with E-state index >= 15 is 0 Å². The fourth-order valence-electron chi connectivity index (χ4n) is 2.31. The number of aryl methyl sites for hydroxylation is 2. The normalized spacial score (nSPS) is 10.3. The van der Waals surface area contributed by atoms with E-state index in [1.807, 2.05) is 48.9 Å². The van der Waals surface area contributed by atoms with Crippen LogP contribution in [0.3, 0.4) is 0 Å². The molecule has 1 heterocycles. The van der Waals surface area contributed by atoms with Crippen LogP contribution in [0.2, 0.25) is 0 Å². The van der Waals surface area contributed by atoms with Crippen molar-refractivity contribution in [2.45, 2.75) is 40.3 Å². The Morgan fingerprint density at radius 3 is 2.50 bits per heavy atom. The van der Waals surface area contributed by atoms with Gasteiger partial charge in [-0.2, -0.15) is 0 Å². The van der Waals surface area contributed by atoms with Gasteiger partial charge in [0.1, 0.15) is 6.20 Å². The summed E-state index contributed by atoms with van der Waals surface area (Å²) in [5.41, 5.74) is 8.64. The Morgan fingerprint density at radius 2 is 1.92 bits per heavy atom. The first-order chi connectivity index (χ1) is 11.0.